The Morgan fingerprint density at radius 1 is 1.16 bits per heavy atom. The lowest BCUT2D eigenvalue weighted by Crippen LogP contribution is -2.51. The molecule has 0 spiro atoms. The van der Waals surface area contributed by atoms with Gasteiger partial charge in [0, 0.05) is 19.0 Å². The molecule has 0 aliphatic carbocycles. The predicted octanol–water partition coefficient (Wildman–Crippen LogP) is 1.26. The molecule has 2 aliphatic heterocycles. The van der Waals surface area contributed by atoms with Crippen LogP contribution in [0.15, 0.2) is 30.3 Å². The maximum atomic E-state index is 12.8. The second kappa shape index (κ2) is 7.56. The molecule has 2 saturated heterocycles. The Bertz CT molecular complexity index is 733. The number of hydrogen-bond acceptors (Lipinski definition) is 4. The van der Waals surface area contributed by atoms with Crippen LogP contribution < -0.4 is 5.32 Å². The second-order valence-electron chi connectivity index (χ2n) is 6.88. The fourth-order valence-electron chi connectivity index (χ4n) is 3.54. The monoisotopic (exact) mass is 364 g/mol. The lowest BCUT2D eigenvalue weighted by molar-refractivity contribution is -0.140. The first kappa shape index (κ1) is 17.9. The van der Waals surface area contributed by atoms with E-state index in [1.54, 1.807) is 4.90 Å². The zero-order chi connectivity index (χ0) is 17.9. The Balaban J connectivity index is 1.73. The summed E-state index contributed by atoms with van der Waals surface area (Å²) in [5.74, 6) is -0.123. The van der Waals surface area contributed by atoms with Crippen LogP contribution in [-0.2, 0) is 26.0 Å². The molecular formula is C18H24N2O4S. The van der Waals surface area contributed by atoms with Gasteiger partial charge in [0.1, 0.15) is 6.04 Å². The van der Waals surface area contributed by atoms with Crippen LogP contribution in [0.4, 0.5) is 0 Å². The first-order valence-electron chi connectivity index (χ1n) is 8.79. The number of nitrogens with one attached hydrogen (secondary N) is 1. The van der Waals surface area contributed by atoms with E-state index in [2.05, 4.69) is 5.32 Å². The standard InChI is InChI=1S/C18H24N2O4S/c21-17-9-5-4-8-16(20(17)12-14-6-2-1-3-7-14)18(22)19-15-10-11-25(23,24)13-15/h1-3,6-7,15-16H,4-5,8-13H2,(H,19,22). The molecule has 0 radical (unpaired) electrons. The number of carbonyl (C=O) groups is 2. The summed E-state index contributed by atoms with van der Waals surface area (Å²) >= 11 is 0. The van der Waals surface area contributed by atoms with Gasteiger partial charge in [-0.25, -0.2) is 8.42 Å². The molecule has 2 aliphatic rings. The van der Waals surface area contributed by atoms with Crippen molar-refractivity contribution in [3.05, 3.63) is 35.9 Å². The second-order valence-corrected chi connectivity index (χ2v) is 9.11. The van der Waals surface area contributed by atoms with Crippen LogP contribution in [-0.4, -0.2) is 48.7 Å². The number of amides is 2. The SMILES string of the molecule is O=C(NC1CCS(=O)(=O)C1)C1CCCCC(=O)N1Cc1ccccc1. The molecule has 6 nitrogen and oxygen atoms in total. The Hall–Kier alpha value is -1.89. The van der Waals surface area contributed by atoms with Crippen LogP contribution >= 0.6 is 0 Å². The fraction of sp³-hybridized carbons (Fsp3) is 0.556. The highest BCUT2D eigenvalue weighted by Gasteiger charge is 2.35. The highest BCUT2D eigenvalue weighted by Crippen LogP contribution is 2.21. The van der Waals surface area contributed by atoms with Crippen molar-refractivity contribution in [1.82, 2.24) is 10.2 Å². The smallest absolute Gasteiger partial charge is 0.243 e. The summed E-state index contributed by atoms with van der Waals surface area (Å²) in [5.41, 5.74) is 0.985. The van der Waals surface area contributed by atoms with Gasteiger partial charge in [-0.3, -0.25) is 9.59 Å². The van der Waals surface area contributed by atoms with Crippen LogP contribution in [0.2, 0.25) is 0 Å². The third-order valence-electron chi connectivity index (χ3n) is 4.89. The zero-order valence-corrected chi connectivity index (χ0v) is 15.0. The number of sulfone groups is 1. The number of carbonyl (C=O) groups excluding carboxylic acids is 2. The molecular weight excluding hydrogens is 340 g/mol. The average molecular weight is 364 g/mol. The minimum Gasteiger partial charge on any atom is -0.351 e. The van der Waals surface area contributed by atoms with Crippen LogP contribution in [0.5, 0.6) is 0 Å². The molecule has 1 aromatic rings. The molecule has 2 unspecified atom stereocenters. The molecule has 25 heavy (non-hydrogen) atoms. The highest BCUT2D eigenvalue weighted by atomic mass is 32.2. The summed E-state index contributed by atoms with van der Waals surface area (Å²) in [6.07, 6.45) is 3.12. The lowest BCUT2D eigenvalue weighted by Gasteiger charge is -2.30. The minimum atomic E-state index is -3.05. The third kappa shape index (κ3) is 4.60. The normalized spacial score (nSPS) is 26.2. The quantitative estimate of drug-likeness (QED) is 0.872. The number of benzene rings is 1. The highest BCUT2D eigenvalue weighted by molar-refractivity contribution is 7.91. The van der Waals surface area contributed by atoms with Crippen molar-refractivity contribution >= 4 is 21.7 Å². The summed E-state index contributed by atoms with van der Waals surface area (Å²) in [5, 5.41) is 2.86. The van der Waals surface area contributed by atoms with E-state index in [9.17, 15) is 18.0 Å². The van der Waals surface area contributed by atoms with Crippen LogP contribution in [0.25, 0.3) is 0 Å². The van der Waals surface area contributed by atoms with Gasteiger partial charge in [-0.05, 0) is 24.8 Å². The lowest BCUT2D eigenvalue weighted by atomic mass is 10.1. The summed E-state index contributed by atoms with van der Waals surface area (Å²) in [6, 6.07) is 8.76. The molecule has 1 N–H and O–H groups in total. The summed E-state index contributed by atoms with van der Waals surface area (Å²) < 4.78 is 23.2. The Kier molecular flexibility index (Phi) is 5.42. The molecule has 0 aromatic heterocycles. The van der Waals surface area contributed by atoms with Crippen molar-refractivity contribution in [3.8, 4) is 0 Å². The van der Waals surface area contributed by atoms with E-state index >= 15 is 0 Å². The van der Waals surface area contributed by atoms with Crippen LogP contribution in [0.3, 0.4) is 0 Å². The zero-order valence-electron chi connectivity index (χ0n) is 14.2. The molecule has 2 atom stereocenters. The molecule has 1 aromatic carbocycles. The molecule has 2 fully saturated rings. The molecule has 2 amide bonds. The van der Waals surface area contributed by atoms with Gasteiger partial charge < -0.3 is 10.2 Å². The topological polar surface area (TPSA) is 83.5 Å². The minimum absolute atomic E-state index is 0.00189. The van der Waals surface area contributed by atoms with Crippen LogP contribution in [0, 0.1) is 0 Å². The van der Waals surface area contributed by atoms with Crippen molar-refractivity contribution < 1.29 is 18.0 Å². The molecule has 7 heteroatoms. The third-order valence-corrected chi connectivity index (χ3v) is 6.66. The van der Waals surface area contributed by atoms with E-state index in [1.807, 2.05) is 30.3 Å². The predicted molar refractivity (Wildman–Crippen MR) is 94.4 cm³/mol. The molecule has 0 bridgehead atoms. The summed E-state index contributed by atoms with van der Waals surface area (Å²) in [4.78, 5) is 26.9. The number of likely N-dealkylation sites (tertiary alicyclic amines) is 1. The fourth-order valence-corrected chi connectivity index (χ4v) is 5.22. The van der Waals surface area contributed by atoms with E-state index in [1.165, 1.54) is 0 Å². The van der Waals surface area contributed by atoms with E-state index < -0.39 is 15.9 Å². The summed E-state index contributed by atoms with van der Waals surface area (Å²) in [7, 11) is -3.05. The summed E-state index contributed by atoms with van der Waals surface area (Å²) in [6.45, 7) is 0.403. The van der Waals surface area contributed by atoms with Crippen molar-refractivity contribution in [2.75, 3.05) is 11.5 Å². The largest absolute Gasteiger partial charge is 0.351 e. The van der Waals surface area contributed by atoms with Crippen molar-refractivity contribution in [2.45, 2.75) is 50.7 Å². The maximum absolute atomic E-state index is 12.8. The Morgan fingerprint density at radius 2 is 1.92 bits per heavy atom. The van der Waals surface area contributed by atoms with Gasteiger partial charge in [0.25, 0.3) is 0 Å². The van der Waals surface area contributed by atoms with Crippen molar-refractivity contribution in [2.24, 2.45) is 0 Å². The number of nitrogens with zero attached hydrogens (tertiary/aromatic N) is 1. The Morgan fingerprint density at radius 3 is 2.60 bits per heavy atom. The van der Waals surface area contributed by atoms with Crippen molar-refractivity contribution in [3.63, 3.8) is 0 Å². The van der Waals surface area contributed by atoms with Gasteiger partial charge in [-0.15, -0.1) is 0 Å². The average Bonchev–Trinajstić information content (AvgIpc) is 2.81. The van der Waals surface area contributed by atoms with Gasteiger partial charge in [0.15, 0.2) is 9.84 Å². The molecule has 2 heterocycles. The van der Waals surface area contributed by atoms with E-state index in [-0.39, 0.29) is 29.4 Å². The molecule has 136 valence electrons. The number of rotatable bonds is 4. The maximum Gasteiger partial charge on any atom is 0.243 e. The van der Waals surface area contributed by atoms with Gasteiger partial charge in [-0.1, -0.05) is 36.8 Å². The number of hydrogen-bond donors (Lipinski definition) is 1. The van der Waals surface area contributed by atoms with Gasteiger partial charge in [0.2, 0.25) is 11.8 Å². The van der Waals surface area contributed by atoms with E-state index in [0.717, 1.165) is 18.4 Å². The first-order chi connectivity index (χ1) is 11.9. The molecule has 0 saturated carbocycles. The van der Waals surface area contributed by atoms with Gasteiger partial charge in [-0.2, -0.15) is 0 Å². The van der Waals surface area contributed by atoms with Gasteiger partial charge >= 0.3 is 0 Å². The Labute approximate surface area is 148 Å². The van der Waals surface area contributed by atoms with Crippen LogP contribution in [0.1, 0.15) is 37.7 Å². The molecule has 3 rings (SSSR count). The first-order valence-corrected chi connectivity index (χ1v) is 10.6. The van der Waals surface area contributed by atoms with E-state index in [0.29, 0.717) is 25.8 Å². The van der Waals surface area contributed by atoms with Gasteiger partial charge in [0.05, 0.1) is 11.5 Å². The van der Waals surface area contributed by atoms with Crippen molar-refractivity contribution in [1.29, 1.82) is 0 Å². The van der Waals surface area contributed by atoms with E-state index in [4.69, 9.17) is 0 Å².